The standard InChI is InChI=1S/C16H11ClFN/c1-11-7-8-15(18)13(9-11)16(17)14(10-19)12-5-3-2-4-6-12/h2-9H,1H3. The van der Waals surface area contributed by atoms with Gasteiger partial charge in [0, 0.05) is 5.56 Å². The van der Waals surface area contributed by atoms with Crippen molar-refractivity contribution >= 4 is 22.2 Å². The summed E-state index contributed by atoms with van der Waals surface area (Å²) in [5.41, 5.74) is 2.09. The Bertz CT molecular complexity index is 669. The van der Waals surface area contributed by atoms with Crippen molar-refractivity contribution in [2.75, 3.05) is 0 Å². The van der Waals surface area contributed by atoms with E-state index in [0.29, 0.717) is 5.56 Å². The summed E-state index contributed by atoms with van der Waals surface area (Å²) in [5, 5.41) is 9.39. The molecule has 94 valence electrons. The predicted octanol–water partition coefficient (Wildman–Crippen LogP) is 4.76. The molecule has 0 N–H and O–H groups in total. The third-order valence-corrected chi connectivity index (χ3v) is 3.14. The van der Waals surface area contributed by atoms with Crippen LogP contribution in [-0.2, 0) is 0 Å². The minimum atomic E-state index is -0.431. The van der Waals surface area contributed by atoms with E-state index >= 15 is 0 Å². The van der Waals surface area contributed by atoms with Crippen LogP contribution >= 0.6 is 11.6 Å². The van der Waals surface area contributed by atoms with Gasteiger partial charge in [-0.15, -0.1) is 0 Å². The van der Waals surface area contributed by atoms with E-state index in [1.54, 1.807) is 24.3 Å². The van der Waals surface area contributed by atoms with Crippen molar-refractivity contribution in [3.63, 3.8) is 0 Å². The molecule has 0 fully saturated rings. The molecule has 0 bridgehead atoms. The molecule has 0 aliphatic carbocycles. The zero-order valence-corrected chi connectivity index (χ0v) is 11.1. The Morgan fingerprint density at radius 3 is 2.47 bits per heavy atom. The Morgan fingerprint density at radius 1 is 1.16 bits per heavy atom. The van der Waals surface area contributed by atoms with Gasteiger partial charge in [0.2, 0.25) is 0 Å². The number of benzene rings is 2. The van der Waals surface area contributed by atoms with Gasteiger partial charge in [0.15, 0.2) is 0 Å². The normalized spacial score (nSPS) is 11.7. The van der Waals surface area contributed by atoms with Gasteiger partial charge in [-0.1, -0.05) is 53.6 Å². The Kier molecular flexibility index (Phi) is 3.99. The molecule has 0 radical (unpaired) electrons. The summed E-state index contributed by atoms with van der Waals surface area (Å²) in [4.78, 5) is 0. The number of nitriles is 1. The first kappa shape index (κ1) is 13.3. The molecule has 0 aliphatic rings. The van der Waals surface area contributed by atoms with Crippen LogP contribution in [0.1, 0.15) is 16.7 Å². The second-order valence-electron chi connectivity index (χ2n) is 4.15. The summed E-state index contributed by atoms with van der Waals surface area (Å²) in [7, 11) is 0. The molecule has 2 aromatic rings. The van der Waals surface area contributed by atoms with E-state index in [0.717, 1.165) is 5.56 Å². The molecule has 0 unspecified atom stereocenters. The molecule has 0 saturated carbocycles. The maximum atomic E-state index is 13.8. The van der Waals surface area contributed by atoms with Gasteiger partial charge in [0.25, 0.3) is 0 Å². The van der Waals surface area contributed by atoms with E-state index in [1.807, 2.05) is 31.2 Å². The fourth-order valence-corrected chi connectivity index (χ4v) is 2.08. The minimum Gasteiger partial charge on any atom is -0.206 e. The summed E-state index contributed by atoms with van der Waals surface area (Å²) in [6.45, 7) is 1.85. The molecule has 0 heterocycles. The van der Waals surface area contributed by atoms with E-state index in [2.05, 4.69) is 0 Å². The summed E-state index contributed by atoms with van der Waals surface area (Å²) in [6, 6.07) is 15.7. The molecule has 2 aromatic carbocycles. The topological polar surface area (TPSA) is 23.8 Å². The van der Waals surface area contributed by atoms with Crippen molar-refractivity contribution in [2.24, 2.45) is 0 Å². The van der Waals surface area contributed by atoms with E-state index in [-0.39, 0.29) is 16.2 Å². The van der Waals surface area contributed by atoms with Gasteiger partial charge in [-0.2, -0.15) is 5.26 Å². The summed E-state index contributed by atoms with van der Waals surface area (Å²) < 4.78 is 13.8. The molecule has 0 spiro atoms. The van der Waals surface area contributed by atoms with Gasteiger partial charge in [-0.25, -0.2) is 4.39 Å². The van der Waals surface area contributed by atoms with Gasteiger partial charge in [-0.3, -0.25) is 0 Å². The number of halogens is 2. The maximum absolute atomic E-state index is 13.8. The first-order valence-corrected chi connectivity index (χ1v) is 6.13. The molecule has 0 atom stereocenters. The second kappa shape index (κ2) is 5.69. The first-order valence-electron chi connectivity index (χ1n) is 5.75. The molecular weight excluding hydrogens is 261 g/mol. The monoisotopic (exact) mass is 271 g/mol. The number of rotatable bonds is 2. The highest BCUT2D eigenvalue weighted by molar-refractivity contribution is 6.53. The zero-order valence-electron chi connectivity index (χ0n) is 10.3. The lowest BCUT2D eigenvalue weighted by Gasteiger charge is -2.06. The van der Waals surface area contributed by atoms with E-state index < -0.39 is 5.82 Å². The highest BCUT2D eigenvalue weighted by Gasteiger charge is 2.13. The van der Waals surface area contributed by atoms with Crippen LogP contribution in [-0.4, -0.2) is 0 Å². The van der Waals surface area contributed by atoms with Gasteiger partial charge in [-0.05, 0) is 24.6 Å². The lowest BCUT2D eigenvalue weighted by Crippen LogP contribution is -1.91. The molecule has 2 rings (SSSR count). The average Bonchev–Trinajstić information content (AvgIpc) is 2.43. The summed E-state index contributed by atoms with van der Waals surface area (Å²) in [5.74, 6) is -0.431. The maximum Gasteiger partial charge on any atom is 0.131 e. The molecule has 0 amide bonds. The molecule has 0 aromatic heterocycles. The van der Waals surface area contributed by atoms with E-state index in [9.17, 15) is 9.65 Å². The van der Waals surface area contributed by atoms with Crippen LogP contribution in [0, 0.1) is 24.1 Å². The van der Waals surface area contributed by atoms with Gasteiger partial charge < -0.3 is 0 Å². The largest absolute Gasteiger partial charge is 0.206 e. The lowest BCUT2D eigenvalue weighted by molar-refractivity contribution is 0.624. The van der Waals surface area contributed by atoms with Crippen LogP contribution in [0.2, 0.25) is 0 Å². The van der Waals surface area contributed by atoms with Crippen LogP contribution in [0.3, 0.4) is 0 Å². The quantitative estimate of drug-likeness (QED) is 0.570. The summed E-state index contributed by atoms with van der Waals surface area (Å²) >= 11 is 6.20. The van der Waals surface area contributed by atoms with Crippen molar-refractivity contribution in [1.29, 1.82) is 5.26 Å². The van der Waals surface area contributed by atoms with Crippen molar-refractivity contribution in [3.8, 4) is 6.07 Å². The Morgan fingerprint density at radius 2 is 1.84 bits per heavy atom. The van der Waals surface area contributed by atoms with Gasteiger partial charge in [0.05, 0.1) is 10.6 Å². The first-order chi connectivity index (χ1) is 9.13. The average molecular weight is 272 g/mol. The van der Waals surface area contributed by atoms with E-state index in [1.165, 1.54) is 6.07 Å². The Labute approximate surface area is 116 Å². The Balaban J connectivity index is 2.62. The number of hydrogen-bond donors (Lipinski definition) is 0. The number of nitrogens with zero attached hydrogens (tertiary/aromatic N) is 1. The molecule has 3 heteroatoms. The van der Waals surface area contributed by atoms with Crippen molar-refractivity contribution in [1.82, 2.24) is 0 Å². The zero-order chi connectivity index (χ0) is 13.8. The molecule has 0 aliphatic heterocycles. The third-order valence-electron chi connectivity index (χ3n) is 2.75. The number of hydrogen-bond acceptors (Lipinski definition) is 1. The SMILES string of the molecule is Cc1ccc(F)c(C(Cl)=C(C#N)c2ccccc2)c1. The molecular formula is C16H11ClFN. The summed E-state index contributed by atoms with van der Waals surface area (Å²) in [6.07, 6.45) is 0. The van der Waals surface area contributed by atoms with Crippen molar-refractivity contribution in [2.45, 2.75) is 6.92 Å². The van der Waals surface area contributed by atoms with Crippen LogP contribution in [0.5, 0.6) is 0 Å². The third kappa shape index (κ3) is 2.83. The smallest absolute Gasteiger partial charge is 0.131 e. The minimum absolute atomic E-state index is 0.134. The highest BCUT2D eigenvalue weighted by Crippen LogP contribution is 2.31. The van der Waals surface area contributed by atoms with Crippen molar-refractivity contribution < 1.29 is 4.39 Å². The highest BCUT2D eigenvalue weighted by atomic mass is 35.5. The van der Waals surface area contributed by atoms with Crippen LogP contribution < -0.4 is 0 Å². The molecule has 19 heavy (non-hydrogen) atoms. The fourth-order valence-electron chi connectivity index (χ4n) is 1.79. The molecule has 1 nitrogen and oxygen atoms in total. The van der Waals surface area contributed by atoms with Crippen LogP contribution in [0.25, 0.3) is 10.6 Å². The lowest BCUT2D eigenvalue weighted by atomic mass is 10.0. The van der Waals surface area contributed by atoms with Crippen LogP contribution in [0.15, 0.2) is 48.5 Å². The van der Waals surface area contributed by atoms with E-state index in [4.69, 9.17) is 11.6 Å². The number of allylic oxidation sites excluding steroid dienone is 1. The second-order valence-corrected chi connectivity index (χ2v) is 4.53. The predicted molar refractivity (Wildman–Crippen MR) is 75.9 cm³/mol. The number of aryl methyl sites for hydroxylation is 1. The Hall–Kier alpha value is -2.11. The van der Waals surface area contributed by atoms with Gasteiger partial charge in [0.1, 0.15) is 11.9 Å². The van der Waals surface area contributed by atoms with Gasteiger partial charge >= 0.3 is 0 Å². The van der Waals surface area contributed by atoms with Crippen LogP contribution in [0.4, 0.5) is 4.39 Å². The molecule has 0 saturated heterocycles. The van der Waals surface area contributed by atoms with Crippen molar-refractivity contribution in [3.05, 3.63) is 71.0 Å². The fraction of sp³-hybridized carbons (Fsp3) is 0.0625.